The number of carbonyl (C=O) groups is 1. The summed E-state index contributed by atoms with van der Waals surface area (Å²) in [4.78, 5) is 15.1. The van der Waals surface area contributed by atoms with Crippen LogP contribution >= 0.6 is 11.6 Å². The Bertz CT molecular complexity index is 655. The smallest absolute Gasteiger partial charge is 0.315 e. The first-order valence-electron chi connectivity index (χ1n) is 10.4. The number of nitrogens with one attached hydrogen (secondary N) is 2. The maximum atomic E-state index is 12.5. The van der Waals surface area contributed by atoms with Crippen molar-refractivity contribution in [1.82, 2.24) is 15.5 Å². The molecule has 1 aromatic carbocycles. The highest BCUT2D eigenvalue weighted by molar-refractivity contribution is 6.32. The lowest BCUT2D eigenvalue weighted by atomic mass is 10.0. The second-order valence-corrected chi connectivity index (χ2v) is 8.60. The summed E-state index contributed by atoms with van der Waals surface area (Å²) in [5.74, 6) is 1.61. The molecule has 2 fully saturated rings. The van der Waals surface area contributed by atoms with E-state index in [2.05, 4.69) is 15.5 Å². The van der Waals surface area contributed by atoms with Crippen molar-refractivity contribution >= 4 is 17.6 Å². The predicted molar refractivity (Wildman–Crippen MR) is 107 cm³/mol. The highest BCUT2D eigenvalue weighted by Gasteiger charge is 2.27. The van der Waals surface area contributed by atoms with Crippen LogP contribution in [0.3, 0.4) is 0 Å². The zero-order chi connectivity index (χ0) is 18.6. The van der Waals surface area contributed by atoms with Gasteiger partial charge in [0.25, 0.3) is 0 Å². The van der Waals surface area contributed by atoms with E-state index in [0.717, 1.165) is 43.8 Å². The van der Waals surface area contributed by atoms with Gasteiger partial charge in [-0.15, -0.1) is 0 Å². The zero-order valence-corrected chi connectivity index (χ0v) is 16.6. The number of amides is 2. The van der Waals surface area contributed by atoms with E-state index in [1.807, 2.05) is 18.2 Å². The molecule has 0 unspecified atom stereocenters. The molecule has 2 aliphatic heterocycles. The van der Waals surface area contributed by atoms with Crippen LogP contribution in [0.2, 0.25) is 5.02 Å². The van der Waals surface area contributed by atoms with Crippen molar-refractivity contribution in [3.05, 3.63) is 28.8 Å². The Balaban J connectivity index is 1.24. The minimum Gasteiger partial charge on any atom is -0.492 e. The molecule has 1 atom stereocenters. The Morgan fingerprint density at radius 1 is 1.11 bits per heavy atom. The number of halogens is 1. The molecule has 148 valence electrons. The van der Waals surface area contributed by atoms with Gasteiger partial charge in [-0.05, 0) is 37.7 Å². The van der Waals surface area contributed by atoms with Gasteiger partial charge in [-0.1, -0.05) is 36.6 Å². The van der Waals surface area contributed by atoms with Crippen LogP contribution in [0.25, 0.3) is 0 Å². The average molecular weight is 392 g/mol. The molecule has 4 rings (SSSR count). The van der Waals surface area contributed by atoms with Crippen molar-refractivity contribution in [1.29, 1.82) is 0 Å². The summed E-state index contributed by atoms with van der Waals surface area (Å²) in [5.41, 5.74) is 0.968. The first-order chi connectivity index (χ1) is 13.2. The Kier molecular flexibility index (Phi) is 6.08. The van der Waals surface area contributed by atoms with Gasteiger partial charge in [-0.3, -0.25) is 0 Å². The lowest BCUT2D eigenvalue weighted by molar-refractivity contribution is 0.170. The molecule has 1 aromatic rings. The van der Waals surface area contributed by atoms with Gasteiger partial charge in [0.15, 0.2) is 0 Å². The Labute approximate surface area is 166 Å². The lowest BCUT2D eigenvalue weighted by Crippen LogP contribution is -2.49. The molecule has 0 spiro atoms. The number of urea groups is 1. The lowest BCUT2D eigenvalue weighted by Gasteiger charge is -2.34. The molecule has 3 aliphatic rings. The van der Waals surface area contributed by atoms with E-state index in [-0.39, 0.29) is 18.1 Å². The SMILES string of the molecule is O=C(NC1CCN(CC2CCCC2)CC1)N[C@H]1CCOc2c(Cl)cccc21. The van der Waals surface area contributed by atoms with Crippen molar-refractivity contribution in [2.24, 2.45) is 5.92 Å². The van der Waals surface area contributed by atoms with Gasteiger partial charge in [0.2, 0.25) is 0 Å². The molecule has 0 radical (unpaired) electrons. The van der Waals surface area contributed by atoms with Crippen LogP contribution in [0.4, 0.5) is 4.79 Å². The van der Waals surface area contributed by atoms with Crippen molar-refractivity contribution < 1.29 is 9.53 Å². The molecule has 1 saturated heterocycles. The monoisotopic (exact) mass is 391 g/mol. The molecular weight excluding hydrogens is 362 g/mol. The Morgan fingerprint density at radius 3 is 2.67 bits per heavy atom. The minimum atomic E-state index is -0.0814. The minimum absolute atomic E-state index is 0.0464. The summed E-state index contributed by atoms with van der Waals surface area (Å²) >= 11 is 6.22. The Morgan fingerprint density at radius 2 is 1.89 bits per heavy atom. The maximum Gasteiger partial charge on any atom is 0.315 e. The molecule has 2 N–H and O–H groups in total. The molecule has 2 heterocycles. The van der Waals surface area contributed by atoms with E-state index in [4.69, 9.17) is 16.3 Å². The largest absolute Gasteiger partial charge is 0.492 e. The summed E-state index contributed by atoms with van der Waals surface area (Å²) in [6.07, 6.45) is 8.45. The second kappa shape index (κ2) is 8.70. The van der Waals surface area contributed by atoms with Crippen molar-refractivity contribution in [3.8, 4) is 5.75 Å². The third-order valence-electron chi connectivity index (χ3n) is 6.25. The first kappa shape index (κ1) is 18.9. The fourth-order valence-electron chi connectivity index (χ4n) is 4.74. The predicted octanol–water partition coefficient (Wildman–Crippen LogP) is 4.12. The van der Waals surface area contributed by atoms with E-state index < -0.39 is 0 Å². The van der Waals surface area contributed by atoms with Crippen LogP contribution in [-0.4, -0.2) is 43.2 Å². The maximum absolute atomic E-state index is 12.5. The number of rotatable bonds is 4. The van der Waals surface area contributed by atoms with Gasteiger partial charge in [-0.25, -0.2) is 4.79 Å². The standard InChI is InChI=1S/C21H30ClN3O2/c22-18-7-3-6-17-19(10-13-27-20(17)18)24-21(26)23-16-8-11-25(12-9-16)14-15-4-1-2-5-15/h3,6-7,15-16,19H,1-2,4-5,8-14H2,(H2,23,24,26)/t19-/m0/s1. The van der Waals surface area contributed by atoms with Gasteiger partial charge in [0.1, 0.15) is 5.75 Å². The topological polar surface area (TPSA) is 53.6 Å². The van der Waals surface area contributed by atoms with Crippen molar-refractivity contribution in [2.45, 2.75) is 57.0 Å². The molecule has 6 heteroatoms. The van der Waals surface area contributed by atoms with Crippen LogP contribution in [0, 0.1) is 5.92 Å². The number of benzene rings is 1. The fourth-order valence-corrected chi connectivity index (χ4v) is 4.98. The molecule has 0 aromatic heterocycles. The summed E-state index contributed by atoms with van der Waals surface area (Å²) < 4.78 is 5.67. The summed E-state index contributed by atoms with van der Waals surface area (Å²) in [6.45, 7) is 4.01. The molecule has 2 amide bonds. The number of nitrogens with zero attached hydrogens (tertiary/aromatic N) is 1. The number of hydrogen-bond donors (Lipinski definition) is 2. The number of fused-ring (bicyclic) bond motifs is 1. The summed E-state index contributed by atoms with van der Waals surface area (Å²) in [6, 6.07) is 5.85. The Hall–Kier alpha value is -1.46. The van der Waals surface area contributed by atoms with Crippen molar-refractivity contribution in [2.75, 3.05) is 26.2 Å². The van der Waals surface area contributed by atoms with Gasteiger partial charge >= 0.3 is 6.03 Å². The van der Waals surface area contributed by atoms with Gasteiger partial charge in [-0.2, -0.15) is 0 Å². The highest BCUT2D eigenvalue weighted by Crippen LogP contribution is 2.37. The van der Waals surface area contributed by atoms with Crippen LogP contribution < -0.4 is 15.4 Å². The first-order valence-corrected chi connectivity index (χ1v) is 10.8. The summed E-state index contributed by atoms with van der Waals surface area (Å²) in [7, 11) is 0. The third-order valence-corrected chi connectivity index (χ3v) is 6.54. The number of likely N-dealkylation sites (tertiary alicyclic amines) is 1. The highest BCUT2D eigenvalue weighted by atomic mass is 35.5. The van der Waals surface area contributed by atoms with Crippen molar-refractivity contribution in [3.63, 3.8) is 0 Å². The second-order valence-electron chi connectivity index (χ2n) is 8.19. The molecule has 1 saturated carbocycles. The zero-order valence-electron chi connectivity index (χ0n) is 15.9. The van der Waals surface area contributed by atoms with Gasteiger partial charge < -0.3 is 20.3 Å². The summed E-state index contributed by atoms with van der Waals surface area (Å²) in [5, 5.41) is 6.90. The van der Waals surface area contributed by atoms with E-state index in [1.54, 1.807) is 0 Å². The number of carbonyl (C=O) groups excluding carboxylic acids is 1. The number of ether oxygens (including phenoxy) is 1. The van der Waals surface area contributed by atoms with E-state index in [9.17, 15) is 4.79 Å². The van der Waals surface area contributed by atoms with E-state index in [1.165, 1.54) is 32.2 Å². The van der Waals surface area contributed by atoms with Gasteiger partial charge in [0.05, 0.1) is 17.7 Å². The molecular formula is C21H30ClN3O2. The van der Waals surface area contributed by atoms with Crippen LogP contribution in [0.1, 0.15) is 56.6 Å². The van der Waals surface area contributed by atoms with Crippen LogP contribution in [0.15, 0.2) is 18.2 Å². The third kappa shape index (κ3) is 4.69. The molecule has 0 bridgehead atoms. The van der Waals surface area contributed by atoms with Crippen LogP contribution in [0.5, 0.6) is 5.75 Å². The van der Waals surface area contributed by atoms with E-state index in [0.29, 0.717) is 17.4 Å². The fraction of sp³-hybridized carbons (Fsp3) is 0.667. The number of piperidine rings is 1. The number of para-hydroxylation sites is 1. The normalized spacial score (nSPS) is 24.3. The molecule has 27 heavy (non-hydrogen) atoms. The van der Waals surface area contributed by atoms with Crippen LogP contribution in [-0.2, 0) is 0 Å². The van der Waals surface area contributed by atoms with Gasteiger partial charge in [0, 0.05) is 37.7 Å². The number of hydrogen-bond acceptors (Lipinski definition) is 3. The average Bonchev–Trinajstić information content (AvgIpc) is 3.17. The molecule has 5 nitrogen and oxygen atoms in total. The quantitative estimate of drug-likeness (QED) is 0.811. The molecule has 1 aliphatic carbocycles. The van der Waals surface area contributed by atoms with E-state index >= 15 is 0 Å².